The molecule has 5 nitrogen and oxygen atoms in total. The molecule has 0 saturated carbocycles. The van der Waals surface area contributed by atoms with Gasteiger partial charge in [0.25, 0.3) is 0 Å². The summed E-state index contributed by atoms with van der Waals surface area (Å²) in [5, 5.41) is 12.9. The van der Waals surface area contributed by atoms with Gasteiger partial charge in [0.15, 0.2) is 0 Å². The van der Waals surface area contributed by atoms with Gasteiger partial charge in [-0.25, -0.2) is 0 Å². The minimum Gasteiger partial charge on any atom is -0.385 e. The van der Waals surface area contributed by atoms with Crippen LogP contribution in [0.1, 0.15) is 12.0 Å². The summed E-state index contributed by atoms with van der Waals surface area (Å²) >= 11 is 7.88. The van der Waals surface area contributed by atoms with Crippen LogP contribution in [0.4, 0.5) is 5.00 Å². The number of hydrogen-bond acceptors (Lipinski definition) is 6. The van der Waals surface area contributed by atoms with Crippen LogP contribution in [0.2, 0.25) is 5.02 Å². The van der Waals surface area contributed by atoms with E-state index in [1.54, 1.807) is 24.6 Å². The number of anilines is 1. The first-order valence-electron chi connectivity index (χ1n) is 8.44. The number of thiophene rings is 1. The first kappa shape index (κ1) is 16.8. The van der Waals surface area contributed by atoms with Crippen LogP contribution in [0.15, 0.2) is 23.7 Å². The summed E-state index contributed by atoms with van der Waals surface area (Å²) in [4.78, 5) is 7.13. The third-order valence-corrected chi connectivity index (χ3v) is 5.68. The number of hydrogen-bond donors (Lipinski definition) is 2. The van der Waals surface area contributed by atoms with Crippen LogP contribution < -0.4 is 21.2 Å². The zero-order valence-electron chi connectivity index (χ0n) is 14.1. The van der Waals surface area contributed by atoms with Gasteiger partial charge in [-0.3, -0.25) is 4.98 Å². The van der Waals surface area contributed by atoms with E-state index < -0.39 is 0 Å². The standard InChI is InChI=1S/C18H21ClN4OS/c1-24-6-2-14-11-23(5-4-20-14)17-15-3-7-25-18(15)22-9-12-8-13(19)10-21-16(12)17/h3,7-10,14,20,22H,2,4-6,11H2,1H3. The van der Waals surface area contributed by atoms with E-state index in [1.807, 2.05) is 12.3 Å². The molecule has 2 aromatic heterocycles. The molecule has 2 aliphatic heterocycles. The van der Waals surface area contributed by atoms with Crippen molar-refractivity contribution >= 4 is 39.8 Å². The van der Waals surface area contributed by atoms with Gasteiger partial charge in [-0.15, -0.1) is 11.3 Å². The second-order valence-corrected chi connectivity index (χ2v) is 7.62. The van der Waals surface area contributed by atoms with Crippen LogP contribution in [0.5, 0.6) is 0 Å². The maximum atomic E-state index is 6.17. The van der Waals surface area contributed by atoms with E-state index in [4.69, 9.17) is 16.3 Å². The van der Waals surface area contributed by atoms with Gasteiger partial charge >= 0.3 is 0 Å². The molecule has 25 heavy (non-hydrogen) atoms. The molecule has 132 valence electrons. The number of piperazine rings is 1. The van der Waals surface area contributed by atoms with Crippen LogP contribution in [-0.4, -0.2) is 49.3 Å². The molecule has 1 unspecified atom stereocenters. The predicted octanol–water partition coefficient (Wildman–Crippen LogP) is 1.43. The number of halogens is 1. The summed E-state index contributed by atoms with van der Waals surface area (Å²) in [5.41, 5.74) is 2.40. The number of fused-ring (bicyclic) bond motifs is 2. The molecule has 2 aliphatic rings. The van der Waals surface area contributed by atoms with Crippen molar-refractivity contribution in [2.24, 2.45) is 0 Å². The maximum Gasteiger partial charge on any atom is 0.102 e. The Morgan fingerprint density at radius 3 is 3.28 bits per heavy atom. The molecule has 0 aromatic carbocycles. The van der Waals surface area contributed by atoms with E-state index in [9.17, 15) is 0 Å². The topological polar surface area (TPSA) is 49.4 Å². The predicted molar refractivity (Wildman–Crippen MR) is 103 cm³/mol. The van der Waals surface area contributed by atoms with Crippen molar-refractivity contribution in [2.75, 3.05) is 38.7 Å². The third kappa shape index (κ3) is 3.40. The lowest BCUT2D eigenvalue weighted by molar-refractivity contribution is 0.166. The molecule has 1 atom stereocenters. The molecule has 2 aromatic rings. The van der Waals surface area contributed by atoms with Crippen LogP contribution in [-0.2, 0) is 4.74 Å². The number of nitrogens with zero attached hydrogens (tertiary/aromatic N) is 2. The number of methoxy groups -OCH3 is 1. The van der Waals surface area contributed by atoms with E-state index in [1.165, 1.54) is 11.3 Å². The molecule has 1 saturated heterocycles. The Balaban J connectivity index is 1.80. The average molecular weight is 377 g/mol. The molecule has 4 rings (SSSR count). The quantitative estimate of drug-likeness (QED) is 0.845. The fourth-order valence-electron chi connectivity index (χ4n) is 3.44. The molecular formula is C18H21ClN4OS. The molecule has 0 radical (unpaired) electrons. The van der Waals surface area contributed by atoms with E-state index in [2.05, 4.69) is 32.0 Å². The lowest BCUT2D eigenvalue weighted by Crippen LogP contribution is -2.52. The third-order valence-electron chi connectivity index (χ3n) is 4.63. The average Bonchev–Trinajstić information content (AvgIpc) is 3.03. The Bertz CT molecular complexity index is 881. The fourth-order valence-corrected chi connectivity index (χ4v) is 4.37. The molecule has 2 N–H and O–H groups in total. The highest BCUT2D eigenvalue weighted by Crippen LogP contribution is 2.31. The summed E-state index contributed by atoms with van der Waals surface area (Å²) in [6, 6.07) is 4.56. The first-order chi connectivity index (χ1) is 12.3. The van der Waals surface area contributed by atoms with Crippen LogP contribution in [0.3, 0.4) is 0 Å². The molecule has 0 amide bonds. The lowest BCUT2D eigenvalue weighted by atomic mass is 10.1. The number of ether oxygens (including phenoxy) is 1. The minimum atomic E-state index is 0.416. The molecular weight excluding hydrogens is 356 g/mol. The van der Waals surface area contributed by atoms with Crippen molar-refractivity contribution in [1.82, 2.24) is 15.2 Å². The summed E-state index contributed by atoms with van der Waals surface area (Å²) in [6.07, 6.45) is 4.74. The molecule has 7 heteroatoms. The Hall–Kier alpha value is -1.60. The van der Waals surface area contributed by atoms with E-state index in [0.29, 0.717) is 11.1 Å². The van der Waals surface area contributed by atoms with Gasteiger partial charge < -0.3 is 20.3 Å². The van der Waals surface area contributed by atoms with Crippen molar-refractivity contribution in [2.45, 2.75) is 12.5 Å². The molecule has 0 spiro atoms. The lowest BCUT2D eigenvalue weighted by Gasteiger charge is -2.36. The van der Waals surface area contributed by atoms with E-state index in [0.717, 1.165) is 48.2 Å². The van der Waals surface area contributed by atoms with Gasteiger partial charge in [0.2, 0.25) is 0 Å². The first-order valence-corrected chi connectivity index (χ1v) is 9.70. The second-order valence-electron chi connectivity index (χ2n) is 6.27. The van der Waals surface area contributed by atoms with Gasteiger partial charge in [0.05, 0.1) is 16.1 Å². The van der Waals surface area contributed by atoms with Gasteiger partial charge in [0, 0.05) is 62.6 Å². The van der Waals surface area contributed by atoms with Crippen LogP contribution >= 0.6 is 22.9 Å². The molecule has 0 aliphatic carbocycles. The number of aromatic nitrogens is 1. The minimum absolute atomic E-state index is 0.416. The summed E-state index contributed by atoms with van der Waals surface area (Å²) in [6.45, 7) is 3.62. The Kier molecular flexibility index (Phi) is 4.94. The smallest absolute Gasteiger partial charge is 0.102 e. The highest BCUT2D eigenvalue weighted by molar-refractivity contribution is 7.14. The second kappa shape index (κ2) is 7.33. The van der Waals surface area contributed by atoms with Crippen molar-refractivity contribution in [3.05, 3.63) is 44.9 Å². The fraction of sp³-hybridized carbons (Fsp3) is 0.389. The Morgan fingerprint density at radius 2 is 2.40 bits per heavy atom. The highest BCUT2D eigenvalue weighted by atomic mass is 35.5. The summed E-state index contributed by atoms with van der Waals surface area (Å²) in [5.74, 6) is 0. The largest absolute Gasteiger partial charge is 0.385 e. The van der Waals surface area contributed by atoms with Crippen LogP contribution in [0, 0.1) is 0 Å². The number of pyridine rings is 1. The normalized spacial score (nSPS) is 19.5. The zero-order valence-corrected chi connectivity index (χ0v) is 15.7. The monoisotopic (exact) mass is 376 g/mol. The van der Waals surface area contributed by atoms with Crippen LogP contribution in [0.25, 0.3) is 11.9 Å². The van der Waals surface area contributed by atoms with E-state index in [-0.39, 0.29) is 0 Å². The molecule has 0 bridgehead atoms. The van der Waals surface area contributed by atoms with Crippen molar-refractivity contribution < 1.29 is 4.74 Å². The Morgan fingerprint density at radius 1 is 1.48 bits per heavy atom. The molecule has 1 fully saturated rings. The SMILES string of the molecule is COCCC1CN(C2=c3ncc(Cl)cc3=CNc3sccc32)CCN1. The van der Waals surface area contributed by atoms with Gasteiger partial charge in [-0.05, 0) is 23.9 Å². The van der Waals surface area contributed by atoms with Crippen molar-refractivity contribution in [1.29, 1.82) is 0 Å². The van der Waals surface area contributed by atoms with Crippen molar-refractivity contribution in [3.63, 3.8) is 0 Å². The highest BCUT2D eigenvalue weighted by Gasteiger charge is 2.25. The summed E-state index contributed by atoms with van der Waals surface area (Å²) < 4.78 is 5.25. The summed E-state index contributed by atoms with van der Waals surface area (Å²) in [7, 11) is 1.75. The van der Waals surface area contributed by atoms with Gasteiger partial charge in [-0.2, -0.15) is 0 Å². The zero-order chi connectivity index (χ0) is 17.2. The van der Waals surface area contributed by atoms with Gasteiger partial charge in [0.1, 0.15) is 5.00 Å². The van der Waals surface area contributed by atoms with Crippen molar-refractivity contribution in [3.8, 4) is 0 Å². The van der Waals surface area contributed by atoms with Gasteiger partial charge in [-0.1, -0.05) is 11.6 Å². The molecule has 4 heterocycles. The number of nitrogens with one attached hydrogen (secondary N) is 2. The van der Waals surface area contributed by atoms with E-state index >= 15 is 0 Å². The number of rotatable bonds is 4. The maximum absolute atomic E-state index is 6.17. The Labute approximate surface area is 156 Å².